The lowest BCUT2D eigenvalue weighted by atomic mass is 9.94. The Balaban J connectivity index is 2.35. The average molecular weight is 297 g/mol. The van der Waals surface area contributed by atoms with Crippen molar-refractivity contribution in [2.24, 2.45) is 13.0 Å². The van der Waals surface area contributed by atoms with Gasteiger partial charge in [-0.2, -0.15) is 5.10 Å². The van der Waals surface area contributed by atoms with Crippen LogP contribution in [0.3, 0.4) is 0 Å². The number of aromatic nitrogens is 2. The van der Waals surface area contributed by atoms with Gasteiger partial charge in [0.15, 0.2) is 0 Å². The van der Waals surface area contributed by atoms with Crippen molar-refractivity contribution >= 4 is 17.2 Å². The van der Waals surface area contributed by atoms with E-state index in [1.807, 2.05) is 45.2 Å². The highest BCUT2D eigenvalue weighted by atomic mass is 16.1. The van der Waals surface area contributed by atoms with Gasteiger partial charge in [-0.1, -0.05) is 38.1 Å². The summed E-state index contributed by atoms with van der Waals surface area (Å²) >= 11 is 0. The molecular formula is C18H23N3O. The van der Waals surface area contributed by atoms with Crippen molar-refractivity contribution < 1.29 is 4.79 Å². The van der Waals surface area contributed by atoms with Gasteiger partial charge in [0, 0.05) is 24.5 Å². The van der Waals surface area contributed by atoms with Crippen LogP contribution in [0.1, 0.15) is 42.4 Å². The Morgan fingerprint density at radius 1 is 1.27 bits per heavy atom. The minimum absolute atomic E-state index is 0.128. The second-order valence-corrected chi connectivity index (χ2v) is 5.70. The van der Waals surface area contributed by atoms with Gasteiger partial charge in [-0.05, 0) is 31.4 Å². The molecule has 0 unspecified atom stereocenters. The van der Waals surface area contributed by atoms with Crippen molar-refractivity contribution in [3.8, 4) is 0 Å². The summed E-state index contributed by atoms with van der Waals surface area (Å²) in [7, 11) is 1.81. The molecule has 1 aromatic heterocycles. The number of benzene rings is 1. The summed E-state index contributed by atoms with van der Waals surface area (Å²) in [6.45, 7) is 8.17. The van der Waals surface area contributed by atoms with E-state index in [1.54, 1.807) is 10.9 Å². The number of nitrogens with zero attached hydrogens (tertiary/aromatic N) is 2. The van der Waals surface area contributed by atoms with E-state index in [1.165, 1.54) is 5.57 Å². The van der Waals surface area contributed by atoms with Crippen molar-refractivity contribution in [2.75, 3.05) is 5.32 Å². The van der Waals surface area contributed by atoms with Crippen molar-refractivity contribution in [3.05, 3.63) is 53.4 Å². The molecule has 1 amide bonds. The van der Waals surface area contributed by atoms with Crippen LogP contribution in [0.2, 0.25) is 0 Å². The highest BCUT2D eigenvalue weighted by molar-refractivity contribution is 6.06. The molecule has 0 saturated carbocycles. The molecule has 0 aliphatic rings. The molecule has 116 valence electrons. The van der Waals surface area contributed by atoms with Crippen LogP contribution >= 0.6 is 0 Å². The van der Waals surface area contributed by atoms with E-state index >= 15 is 0 Å². The number of carbonyl (C=O) groups excluding carboxylic acids is 1. The van der Waals surface area contributed by atoms with Crippen molar-refractivity contribution in [1.82, 2.24) is 9.78 Å². The first-order chi connectivity index (χ1) is 10.4. The Morgan fingerprint density at radius 3 is 2.50 bits per heavy atom. The maximum absolute atomic E-state index is 12.5. The molecule has 4 nitrogen and oxygen atoms in total. The molecule has 0 bridgehead atoms. The zero-order chi connectivity index (χ0) is 16.3. The molecule has 0 aliphatic heterocycles. The van der Waals surface area contributed by atoms with Crippen LogP contribution in [0, 0.1) is 12.8 Å². The summed E-state index contributed by atoms with van der Waals surface area (Å²) in [4.78, 5) is 12.5. The van der Waals surface area contributed by atoms with E-state index in [9.17, 15) is 4.79 Å². The van der Waals surface area contributed by atoms with Crippen LogP contribution in [0.4, 0.5) is 5.69 Å². The fraction of sp³-hybridized carbons (Fsp3) is 0.333. The van der Waals surface area contributed by atoms with Crippen LogP contribution in [0.5, 0.6) is 0 Å². The van der Waals surface area contributed by atoms with Crippen LogP contribution in [-0.2, 0) is 7.05 Å². The number of aryl methyl sites for hydroxylation is 2. The minimum Gasteiger partial charge on any atom is -0.321 e. The van der Waals surface area contributed by atoms with E-state index in [2.05, 4.69) is 30.3 Å². The van der Waals surface area contributed by atoms with Crippen LogP contribution in [-0.4, -0.2) is 15.7 Å². The molecule has 0 atom stereocenters. The Hall–Kier alpha value is -2.36. The first-order valence-corrected chi connectivity index (χ1v) is 7.51. The number of nitrogens with one attached hydrogen (secondary N) is 1. The Morgan fingerprint density at radius 2 is 1.95 bits per heavy atom. The summed E-state index contributed by atoms with van der Waals surface area (Å²) in [5.41, 5.74) is 4.45. The highest BCUT2D eigenvalue weighted by Crippen LogP contribution is 2.29. The zero-order valence-electron chi connectivity index (χ0n) is 13.8. The fourth-order valence-electron chi connectivity index (χ4n) is 2.66. The Labute approximate surface area is 131 Å². The molecule has 1 heterocycles. The van der Waals surface area contributed by atoms with Crippen molar-refractivity contribution in [1.29, 1.82) is 0 Å². The summed E-state index contributed by atoms with van der Waals surface area (Å²) in [6, 6.07) is 7.90. The van der Waals surface area contributed by atoms with Gasteiger partial charge in [0.25, 0.3) is 5.91 Å². The first kappa shape index (κ1) is 16.0. The van der Waals surface area contributed by atoms with E-state index in [-0.39, 0.29) is 5.91 Å². The molecule has 4 heteroatoms. The second kappa shape index (κ2) is 6.60. The molecule has 0 saturated heterocycles. The molecule has 22 heavy (non-hydrogen) atoms. The monoisotopic (exact) mass is 297 g/mol. The van der Waals surface area contributed by atoms with Gasteiger partial charge >= 0.3 is 0 Å². The molecule has 2 rings (SSSR count). The molecule has 0 fully saturated rings. The van der Waals surface area contributed by atoms with E-state index in [4.69, 9.17) is 0 Å². The third kappa shape index (κ3) is 3.27. The van der Waals surface area contributed by atoms with Gasteiger partial charge in [0.1, 0.15) is 0 Å². The van der Waals surface area contributed by atoms with Crippen LogP contribution in [0.15, 0.2) is 36.5 Å². The lowest BCUT2D eigenvalue weighted by molar-refractivity contribution is 0.102. The predicted molar refractivity (Wildman–Crippen MR) is 90.8 cm³/mol. The number of anilines is 1. The topological polar surface area (TPSA) is 46.9 Å². The number of carbonyl (C=O) groups is 1. The minimum atomic E-state index is -0.128. The maximum Gasteiger partial charge on any atom is 0.259 e. The number of rotatable bonds is 4. The lowest BCUT2D eigenvalue weighted by Gasteiger charge is -2.16. The van der Waals surface area contributed by atoms with Gasteiger partial charge in [0.05, 0.1) is 11.3 Å². The summed E-state index contributed by atoms with van der Waals surface area (Å²) < 4.78 is 1.65. The summed E-state index contributed by atoms with van der Waals surface area (Å²) in [5.74, 6) is 0.264. The van der Waals surface area contributed by atoms with E-state index in [0.717, 1.165) is 16.9 Å². The third-order valence-corrected chi connectivity index (χ3v) is 3.68. The van der Waals surface area contributed by atoms with E-state index in [0.29, 0.717) is 11.5 Å². The molecule has 1 aromatic carbocycles. The summed E-state index contributed by atoms with van der Waals surface area (Å²) in [6.07, 6.45) is 3.84. The lowest BCUT2D eigenvalue weighted by Crippen LogP contribution is -2.14. The number of para-hydroxylation sites is 1. The van der Waals surface area contributed by atoms with Gasteiger partial charge in [0.2, 0.25) is 0 Å². The van der Waals surface area contributed by atoms with Crippen molar-refractivity contribution in [2.45, 2.75) is 27.7 Å². The maximum atomic E-state index is 12.5. The molecule has 0 spiro atoms. The molecule has 1 N–H and O–H groups in total. The van der Waals surface area contributed by atoms with Crippen molar-refractivity contribution in [3.63, 3.8) is 0 Å². The van der Waals surface area contributed by atoms with E-state index < -0.39 is 0 Å². The molecule has 2 aromatic rings. The molecular weight excluding hydrogens is 274 g/mol. The normalized spacial score (nSPS) is 11.8. The van der Waals surface area contributed by atoms with Gasteiger partial charge in [-0.3, -0.25) is 9.48 Å². The number of amides is 1. The zero-order valence-corrected chi connectivity index (χ0v) is 13.8. The van der Waals surface area contributed by atoms with Gasteiger partial charge in [-0.15, -0.1) is 0 Å². The van der Waals surface area contributed by atoms with Gasteiger partial charge < -0.3 is 5.32 Å². The second-order valence-electron chi connectivity index (χ2n) is 5.70. The quantitative estimate of drug-likeness (QED) is 0.925. The number of hydrogen-bond donors (Lipinski definition) is 1. The third-order valence-electron chi connectivity index (χ3n) is 3.68. The smallest absolute Gasteiger partial charge is 0.259 e. The first-order valence-electron chi connectivity index (χ1n) is 7.51. The molecule has 0 aliphatic carbocycles. The predicted octanol–water partition coefficient (Wildman–Crippen LogP) is 4.04. The Kier molecular flexibility index (Phi) is 4.81. The van der Waals surface area contributed by atoms with Crippen LogP contribution in [0.25, 0.3) is 5.57 Å². The van der Waals surface area contributed by atoms with Gasteiger partial charge in [-0.25, -0.2) is 0 Å². The largest absolute Gasteiger partial charge is 0.321 e. The standard InChI is InChI=1S/C18H23N3O/c1-6-14(12(2)3)15-9-7-8-10-17(15)19-18(22)16-11-21(5)20-13(16)4/h6-12H,1-5H3,(H,19,22)/b14-6+. The summed E-state index contributed by atoms with van der Waals surface area (Å²) in [5, 5.41) is 7.24. The fourth-order valence-corrected chi connectivity index (χ4v) is 2.66. The highest BCUT2D eigenvalue weighted by Gasteiger charge is 2.16. The SMILES string of the molecule is C/C=C(/c1ccccc1NC(=O)c1cn(C)nc1C)C(C)C. The number of allylic oxidation sites excluding steroid dienone is 2. The van der Waals surface area contributed by atoms with Crippen LogP contribution < -0.4 is 5.32 Å². The molecule has 0 radical (unpaired) electrons. The number of hydrogen-bond acceptors (Lipinski definition) is 2. The Bertz CT molecular complexity index is 711. The average Bonchev–Trinajstić information content (AvgIpc) is 2.80.